The molecule has 0 radical (unpaired) electrons. The maximum atomic E-state index is 12.2. The molecule has 2 aliphatic rings. The molecule has 1 amide bonds. The highest BCUT2D eigenvalue weighted by molar-refractivity contribution is 6.33. The van der Waals surface area contributed by atoms with Crippen LogP contribution in [0.1, 0.15) is 29.8 Å². The van der Waals surface area contributed by atoms with E-state index in [1.54, 1.807) is 19.2 Å². The number of carbonyl (C=O) groups is 1. The normalized spacial score (nSPS) is 28.4. The van der Waals surface area contributed by atoms with Gasteiger partial charge in [-0.1, -0.05) is 11.6 Å². The van der Waals surface area contributed by atoms with Crippen LogP contribution in [0, 0.1) is 0 Å². The van der Waals surface area contributed by atoms with E-state index < -0.39 is 0 Å². The summed E-state index contributed by atoms with van der Waals surface area (Å²) in [7, 11) is 1.75. The van der Waals surface area contributed by atoms with Crippen molar-refractivity contribution in [2.45, 2.75) is 37.5 Å². The Hall–Kier alpha value is -1.33. The van der Waals surface area contributed by atoms with Gasteiger partial charge >= 0.3 is 0 Å². The SMILES string of the molecule is CNc1ccc(Cl)c(C(=O)NC2CC3CCC2O3)n1. The van der Waals surface area contributed by atoms with Gasteiger partial charge in [-0.05, 0) is 31.4 Å². The van der Waals surface area contributed by atoms with Crippen LogP contribution in [0.2, 0.25) is 5.02 Å². The molecule has 0 aromatic carbocycles. The largest absolute Gasteiger partial charge is 0.373 e. The quantitative estimate of drug-likeness (QED) is 0.887. The molecule has 3 atom stereocenters. The zero-order valence-corrected chi connectivity index (χ0v) is 11.4. The average Bonchev–Trinajstić information content (AvgIpc) is 3.01. The summed E-state index contributed by atoms with van der Waals surface area (Å²) in [6, 6.07) is 3.49. The number of ether oxygens (including phenoxy) is 1. The van der Waals surface area contributed by atoms with Gasteiger partial charge in [-0.3, -0.25) is 4.79 Å². The van der Waals surface area contributed by atoms with E-state index in [9.17, 15) is 4.79 Å². The minimum atomic E-state index is -0.233. The zero-order chi connectivity index (χ0) is 13.4. The predicted octanol–water partition coefficient (Wildman–Crippen LogP) is 1.83. The smallest absolute Gasteiger partial charge is 0.271 e. The molecule has 2 aliphatic heterocycles. The number of nitrogens with zero attached hydrogens (tertiary/aromatic N) is 1. The van der Waals surface area contributed by atoms with E-state index in [2.05, 4.69) is 15.6 Å². The molecule has 0 aliphatic carbocycles. The van der Waals surface area contributed by atoms with E-state index in [0.29, 0.717) is 16.9 Å². The van der Waals surface area contributed by atoms with Crippen molar-refractivity contribution < 1.29 is 9.53 Å². The van der Waals surface area contributed by atoms with E-state index >= 15 is 0 Å². The van der Waals surface area contributed by atoms with Crippen LogP contribution in [0.5, 0.6) is 0 Å². The number of aromatic nitrogens is 1. The molecular weight excluding hydrogens is 266 g/mol. The van der Waals surface area contributed by atoms with Crippen molar-refractivity contribution in [3.63, 3.8) is 0 Å². The van der Waals surface area contributed by atoms with Gasteiger partial charge in [0.1, 0.15) is 11.5 Å². The number of hydrogen-bond acceptors (Lipinski definition) is 4. The van der Waals surface area contributed by atoms with Crippen molar-refractivity contribution in [2.24, 2.45) is 0 Å². The van der Waals surface area contributed by atoms with Gasteiger partial charge in [0.25, 0.3) is 5.91 Å². The van der Waals surface area contributed by atoms with Gasteiger partial charge in [-0.2, -0.15) is 0 Å². The number of rotatable bonds is 3. The first-order valence-electron chi connectivity index (χ1n) is 6.48. The van der Waals surface area contributed by atoms with Crippen LogP contribution < -0.4 is 10.6 Å². The number of fused-ring (bicyclic) bond motifs is 2. The van der Waals surface area contributed by atoms with Crippen molar-refractivity contribution >= 4 is 23.3 Å². The van der Waals surface area contributed by atoms with Gasteiger partial charge in [0.05, 0.1) is 23.3 Å². The second kappa shape index (κ2) is 4.98. The third kappa shape index (κ3) is 2.40. The van der Waals surface area contributed by atoms with Crippen LogP contribution in [-0.2, 0) is 4.74 Å². The Kier molecular flexibility index (Phi) is 3.33. The molecule has 102 valence electrons. The molecule has 0 spiro atoms. The fourth-order valence-corrected chi connectivity index (χ4v) is 2.96. The molecule has 2 saturated heterocycles. The number of hydrogen-bond donors (Lipinski definition) is 2. The molecule has 6 heteroatoms. The summed E-state index contributed by atoms with van der Waals surface area (Å²) in [4.78, 5) is 16.4. The second-order valence-electron chi connectivity index (χ2n) is 4.97. The summed E-state index contributed by atoms with van der Waals surface area (Å²) in [6.45, 7) is 0. The molecule has 5 nitrogen and oxygen atoms in total. The fourth-order valence-electron chi connectivity index (χ4n) is 2.77. The summed E-state index contributed by atoms with van der Waals surface area (Å²) < 4.78 is 5.72. The molecule has 2 N–H and O–H groups in total. The standard InChI is InChI=1S/C13H16ClN3O2/c1-15-11-5-3-8(14)12(17-11)13(18)16-9-6-7-2-4-10(9)19-7/h3,5,7,9-10H,2,4,6H2,1H3,(H,15,17)(H,16,18). The van der Waals surface area contributed by atoms with Crippen LogP contribution in [0.4, 0.5) is 5.82 Å². The topological polar surface area (TPSA) is 63.2 Å². The minimum absolute atomic E-state index is 0.0855. The first-order valence-corrected chi connectivity index (χ1v) is 6.86. The lowest BCUT2D eigenvalue weighted by Gasteiger charge is -2.20. The monoisotopic (exact) mass is 281 g/mol. The second-order valence-corrected chi connectivity index (χ2v) is 5.37. The van der Waals surface area contributed by atoms with Gasteiger partial charge in [0.2, 0.25) is 0 Å². The highest BCUT2D eigenvalue weighted by Crippen LogP contribution is 2.34. The Labute approximate surface area is 116 Å². The fraction of sp³-hybridized carbons (Fsp3) is 0.538. The average molecular weight is 282 g/mol. The molecular formula is C13H16ClN3O2. The summed E-state index contributed by atoms with van der Waals surface area (Å²) in [5.74, 6) is 0.391. The lowest BCUT2D eigenvalue weighted by Crippen LogP contribution is -2.41. The van der Waals surface area contributed by atoms with Crippen molar-refractivity contribution in [3.8, 4) is 0 Å². The van der Waals surface area contributed by atoms with Gasteiger partial charge in [0.15, 0.2) is 0 Å². The van der Waals surface area contributed by atoms with E-state index in [1.165, 1.54) is 0 Å². The van der Waals surface area contributed by atoms with Crippen molar-refractivity contribution in [1.82, 2.24) is 10.3 Å². The molecule has 1 aromatic heterocycles. The predicted molar refractivity (Wildman–Crippen MR) is 72.6 cm³/mol. The highest BCUT2D eigenvalue weighted by atomic mass is 35.5. The summed E-state index contributed by atoms with van der Waals surface area (Å²) in [5, 5.41) is 6.24. The van der Waals surface area contributed by atoms with E-state index in [1.807, 2.05) is 0 Å². The molecule has 2 bridgehead atoms. The minimum Gasteiger partial charge on any atom is -0.373 e. The van der Waals surface area contributed by atoms with E-state index in [4.69, 9.17) is 16.3 Å². The Balaban J connectivity index is 1.73. The molecule has 3 unspecified atom stereocenters. The number of amides is 1. The van der Waals surface area contributed by atoms with E-state index in [-0.39, 0.29) is 23.7 Å². The third-order valence-electron chi connectivity index (χ3n) is 3.74. The third-order valence-corrected chi connectivity index (χ3v) is 4.04. The lowest BCUT2D eigenvalue weighted by molar-refractivity contribution is 0.0837. The number of anilines is 1. The first-order chi connectivity index (χ1) is 9.17. The maximum Gasteiger partial charge on any atom is 0.271 e. The van der Waals surface area contributed by atoms with Crippen molar-refractivity contribution in [1.29, 1.82) is 0 Å². The first kappa shape index (κ1) is 12.7. The number of nitrogens with one attached hydrogen (secondary N) is 2. The summed E-state index contributed by atoms with van der Waals surface area (Å²) in [5.41, 5.74) is 0.260. The van der Waals surface area contributed by atoms with Crippen molar-refractivity contribution in [3.05, 3.63) is 22.8 Å². The van der Waals surface area contributed by atoms with Gasteiger partial charge < -0.3 is 15.4 Å². The maximum absolute atomic E-state index is 12.2. The van der Waals surface area contributed by atoms with Crippen LogP contribution in [-0.4, -0.2) is 36.2 Å². The summed E-state index contributed by atoms with van der Waals surface area (Å²) in [6.07, 6.45) is 3.47. The van der Waals surface area contributed by atoms with E-state index in [0.717, 1.165) is 19.3 Å². The summed E-state index contributed by atoms with van der Waals surface area (Å²) >= 11 is 6.03. The van der Waals surface area contributed by atoms with Gasteiger partial charge in [-0.25, -0.2) is 4.98 Å². The lowest BCUT2D eigenvalue weighted by atomic mass is 9.95. The zero-order valence-electron chi connectivity index (χ0n) is 10.6. The van der Waals surface area contributed by atoms with Crippen LogP contribution in [0.25, 0.3) is 0 Å². The van der Waals surface area contributed by atoms with Gasteiger partial charge in [-0.15, -0.1) is 0 Å². The number of halogens is 1. The Morgan fingerprint density at radius 1 is 1.47 bits per heavy atom. The van der Waals surface area contributed by atoms with Crippen LogP contribution in [0.15, 0.2) is 12.1 Å². The van der Waals surface area contributed by atoms with Crippen LogP contribution >= 0.6 is 11.6 Å². The molecule has 0 saturated carbocycles. The molecule has 3 heterocycles. The molecule has 3 rings (SSSR count). The molecule has 1 aromatic rings. The number of pyridine rings is 1. The Morgan fingerprint density at radius 3 is 2.95 bits per heavy atom. The Bertz CT molecular complexity index is 509. The number of carbonyl (C=O) groups excluding carboxylic acids is 1. The van der Waals surface area contributed by atoms with Gasteiger partial charge in [0, 0.05) is 7.05 Å². The highest BCUT2D eigenvalue weighted by Gasteiger charge is 2.41. The molecule has 19 heavy (non-hydrogen) atoms. The van der Waals surface area contributed by atoms with Crippen LogP contribution in [0.3, 0.4) is 0 Å². The molecule has 2 fully saturated rings. The van der Waals surface area contributed by atoms with Crippen molar-refractivity contribution in [2.75, 3.05) is 12.4 Å². The Morgan fingerprint density at radius 2 is 2.32 bits per heavy atom.